The number of piperazine rings is 2. The van der Waals surface area contributed by atoms with E-state index in [1.807, 2.05) is 12.1 Å². The summed E-state index contributed by atoms with van der Waals surface area (Å²) in [6.07, 6.45) is 2.75. The zero-order valence-electron chi connectivity index (χ0n) is 20.1. The Kier molecular flexibility index (Phi) is 7.45. The Morgan fingerprint density at radius 1 is 0.943 bits per heavy atom. The summed E-state index contributed by atoms with van der Waals surface area (Å²) in [5.41, 5.74) is 0.589. The molecule has 1 aromatic carbocycles. The molecule has 1 unspecified atom stereocenters. The fourth-order valence-corrected chi connectivity index (χ4v) is 6.96. The number of hydrogen-bond donors (Lipinski definition) is 0. The predicted octanol–water partition coefficient (Wildman–Crippen LogP) is 2.25. The summed E-state index contributed by atoms with van der Waals surface area (Å²) >= 11 is 6.15. The number of halogens is 1. The molecule has 0 amide bonds. The zero-order valence-corrected chi connectivity index (χ0v) is 21.7. The fourth-order valence-electron chi connectivity index (χ4n) is 5.06. The average molecular weight is 521 g/mol. The van der Waals surface area contributed by atoms with Crippen molar-refractivity contribution in [2.75, 3.05) is 75.3 Å². The Bertz CT molecular complexity index is 1110. The van der Waals surface area contributed by atoms with Crippen LogP contribution < -0.4 is 9.80 Å². The van der Waals surface area contributed by atoms with Crippen LogP contribution in [0, 0.1) is 6.92 Å². The first-order valence-electron chi connectivity index (χ1n) is 12.3. The largest absolute Gasteiger partial charge is 0.377 e. The van der Waals surface area contributed by atoms with E-state index in [-0.39, 0.29) is 4.90 Å². The van der Waals surface area contributed by atoms with Crippen LogP contribution in [0.3, 0.4) is 0 Å². The number of sulfonamides is 1. The average Bonchev–Trinajstić information content (AvgIpc) is 3.39. The van der Waals surface area contributed by atoms with Crippen molar-refractivity contribution in [3.63, 3.8) is 0 Å². The molecule has 9 nitrogen and oxygen atoms in total. The van der Waals surface area contributed by atoms with Crippen LogP contribution in [-0.4, -0.2) is 99.4 Å². The molecule has 0 N–H and O–H groups in total. The number of nitrogens with zero attached hydrogens (tertiary/aromatic N) is 6. The van der Waals surface area contributed by atoms with E-state index >= 15 is 0 Å². The summed E-state index contributed by atoms with van der Waals surface area (Å²) in [6.45, 7) is 9.46. The van der Waals surface area contributed by atoms with E-state index in [9.17, 15) is 8.42 Å². The molecule has 3 fully saturated rings. The van der Waals surface area contributed by atoms with Crippen LogP contribution in [0.2, 0.25) is 5.02 Å². The second-order valence-corrected chi connectivity index (χ2v) is 11.7. The van der Waals surface area contributed by atoms with Crippen LogP contribution in [0.15, 0.2) is 35.2 Å². The van der Waals surface area contributed by atoms with Crippen molar-refractivity contribution in [1.82, 2.24) is 19.4 Å². The van der Waals surface area contributed by atoms with Crippen molar-refractivity contribution >= 4 is 33.3 Å². The van der Waals surface area contributed by atoms with Crippen LogP contribution >= 0.6 is 11.6 Å². The van der Waals surface area contributed by atoms with Crippen LogP contribution in [-0.2, 0) is 14.8 Å². The van der Waals surface area contributed by atoms with Crippen molar-refractivity contribution in [3.8, 4) is 0 Å². The first-order valence-corrected chi connectivity index (χ1v) is 14.2. The molecule has 3 aliphatic rings. The number of hydrogen-bond acceptors (Lipinski definition) is 8. The maximum absolute atomic E-state index is 13.1. The SMILES string of the molecule is Cc1c(Cl)cccc1S(=O)(=O)N1CCN(c2ccc(N3CCN(CC4CCCO4)CC3)nn2)CC1. The van der Waals surface area contributed by atoms with Gasteiger partial charge in [0.1, 0.15) is 0 Å². The molecule has 2 aromatic rings. The molecule has 35 heavy (non-hydrogen) atoms. The molecule has 11 heteroatoms. The highest BCUT2D eigenvalue weighted by Gasteiger charge is 2.31. The van der Waals surface area contributed by atoms with E-state index in [1.165, 1.54) is 17.1 Å². The molecular formula is C24H33ClN6O3S. The molecular weight excluding hydrogens is 488 g/mol. The first-order chi connectivity index (χ1) is 16.9. The lowest BCUT2D eigenvalue weighted by molar-refractivity contribution is 0.0712. The third-order valence-electron chi connectivity index (χ3n) is 7.22. The Labute approximate surface area is 212 Å². The standard InChI is InChI=1S/C24H33ClN6O3S/c1-19-21(25)5-2-6-22(19)35(32,33)31-15-13-30(14-16-31)24-8-7-23(26-27-24)29-11-9-28(10-12-29)18-20-4-3-17-34-20/h2,5-8,20H,3-4,9-18H2,1H3. The second kappa shape index (κ2) is 10.6. The van der Waals surface area contributed by atoms with Crippen molar-refractivity contribution in [3.05, 3.63) is 40.9 Å². The Morgan fingerprint density at radius 2 is 1.57 bits per heavy atom. The van der Waals surface area contributed by atoms with Crippen LogP contribution in [0.25, 0.3) is 0 Å². The van der Waals surface area contributed by atoms with Gasteiger partial charge < -0.3 is 14.5 Å². The molecule has 0 saturated carbocycles. The molecule has 1 atom stereocenters. The smallest absolute Gasteiger partial charge is 0.243 e. The molecule has 190 valence electrons. The lowest BCUT2D eigenvalue weighted by atomic mass is 10.2. The quantitative estimate of drug-likeness (QED) is 0.573. The van der Waals surface area contributed by atoms with Crippen molar-refractivity contribution < 1.29 is 13.2 Å². The number of rotatable bonds is 6. The van der Waals surface area contributed by atoms with Gasteiger partial charge in [0.15, 0.2) is 11.6 Å². The minimum atomic E-state index is -3.59. The molecule has 4 heterocycles. The van der Waals surface area contributed by atoms with Gasteiger partial charge in [0.05, 0.1) is 11.0 Å². The summed E-state index contributed by atoms with van der Waals surface area (Å²) in [5.74, 6) is 1.67. The van der Waals surface area contributed by atoms with Gasteiger partial charge in [-0.2, -0.15) is 4.31 Å². The van der Waals surface area contributed by atoms with Gasteiger partial charge in [-0.1, -0.05) is 17.7 Å². The van der Waals surface area contributed by atoms with Gasteiger partial charge in [-0.15, -0.1) is 10.2 Å². The summed E-state index contributed by atoms with van der Waals surface area (Å²) < 4.78 is 33.6. The summed E-state index contributed by atoms with van der Waals surface area (Å²) in [4.78, 5) is 7.12. The maximum Gasteiger partial charge on any atom is 0.243 e. The monoisotopic (exact) mass is 520 g/mol. The molecule has 5 rings (SSSR count). The minimum Gasteiger partial charge on any atom is -0.377 e. The van der Waals surface area contributed by atoms with Gasteiger partial charge in [-0.3, -0.25) is 4.90 Å². The minimum absolute atomic E-state index is 0.276. The maximum atomic E-state index is 13.1. The lowest BCUT2D eigenvalue weighted by Crippen LogP contribution is -2.49. The normalized spacial score (nSPS) is 22.6. The topological polar surface area (TPSA) is 82.1 Å². The van der Waals surface area contributed by atoms with Crippen molar-refractivity contribution in [1.29, 1.82) is 0 Å². The van der Waals surface area contributed by atoms with E-state index in [0.29, 0.717) is 42.9 Å². The van der Waals surface area contributed by atoms with Crippen LogP contribution in [0.1, 0.15) is 18.4 Å². The van der Waals surface area contributed by atoms with Gasteiger partial charge in [0.25, 0.3) is 0 Å². The van der Waals surface area contributed by atoms with E-state index in [1.54, 1.807) is 25.1 Å². The molecule has 0 spiro atoms. The molecule has 1 aromatic heterocycles. The van der Waals surface area contributed by atoms with Crippen LogP contribution in [0.4, 0.5) is 11.6 Å². The van der Waals surface area contributed by atoms with Crippen molar-refractivity contribution in [2.45, 2.75) is 30.8 Å². The van der Waals surface area contributed by atoms with Gasteiger partial charge in [-0.05, 0) is 49.6 Å². The highest BCUT2D eigenvalue weighted by atomic mass is 35.5. The second-order valence-electron chi connectivity index (χ2n) is 9.43. The van der Waals surface area contributed by atoms with Gasteiger partial charge in [0.2, 0.25) is 10.0 Å². The third-order valence-corrected chi connectivity index (χ3v) is 9.67. The molecule has 0 bridgehead atoms. The molecule has 3 saturated heterocycles. The van der Waals surface area contributed by atoms with E-state index in [4.69, 9.17) is 16.3 Å². The van der Waals surface area contributed by atoms with Gasteiger partial charge in [-0.25, -0.2) is 8.42 Å². The Hall–Kier alpha value is -1.98. The fraction of sp³-hybridized carbons (Fsp3) is 0.583. The summed E-state index contributed by atoms with van der Waals surface area (Å²) in [6, 6.07) is 9.03. The Morgan fingerprint density at radius 3 is 2.14 bits per heavy atom. The van der Waals surface area contributed by atoms with Crippen LogP contribution in [0.5, 0.6) is 0 Å². The van der Waals surface area contributed by atoms with Gasteiger partial charge >= 0.3 is 0 Å². The van der Waals surface area contributed by atoms with E-state index in [2.05, 4.69) is 24.9 Å². The molecule has 0 aliphatic carbocycles. The van der Waals surface area contributed by atoms with E-state index < -0.39 is 10.0 Å². The third kappa shape index (κ3) is 5.41. The molecule has 3 aliphatic heterocycles. The van der Waals surface area contributed by atoms with E-state index in [0.717, 1.165) is 51.0 Å². The zero-order chi connectivity index (χ0) is 24.4. The molecule has 0 radical (unpaired) electrons. The van der Waals surface area contributed by atoms with Gasteiger partial charge in [0, 0.05) is 70.5 Å². The number of anilines is 2. The van der Waals surface area contributed by atoms with Crippen molar-refractivity contribution in [2.24, 2.45) is 0 Å². The number of benzene rings is 1. The number of ether oxygens (including phenoxy) is 1. The highest BCUT2D eigenvalue weighted by Crippen LogP contribution is 2.27. The Balaban J connectivity index is 1.14. The lowest BCUT2D eigenvalue weighted by Gasteiger charge is -2.36. The summed E-state index contributed by atoms with van der Waals surface area (Å²) in [7, 11) is -3.59. The summed E-state index contributed by atoms with van der Waals surface area (Å²) in [5, 5.41) is 9.42. The first kappa shape index (κ1) is 24.7. The highest BCUT2D eigenvalue weighted by molar-refractivity contribution is 7.89. The predicted molar refractivity (Wildman–Crippen MR) is 137 cm³/mol. The number of aromatic nitrogens is 2.